The van der Waals surface area contributed by atoms with Gasteiger partial charge in [0.1, 0.15) is 0 Å². The molecule has 0 aromatic heterocycles. The molecule has 0 spiro atoms. The van der Waals surface area contributed by atoms with Crippen LogP contribution in [-0.4, -0.2) is 22.4 Å². The number of rotatable bonds is 3. The van der Waals surface area contributed by atoms with E-state index in [9.17, 15) is 0 Å². The first kappa shape index (κ1) is 8.66. The number of aliphatic hydroxyl groups excluding tert-OH is 2. The van der Waals surface area contributed by atoms with E-state index in [0.717, 1.165) is 0 Å². The molecule has 0 aliphatic rings. The lowest BCUT2D eigenvalue weighted by Crippen LogP contribution is -2.22. The van der Waals surface area contributed by atoms with E-state index < -0.39 is 12.2 Å². The third-order valence-corrected chi connectivity index (χ3v) is 1.20. The van der Waals surface area contributed by atoms with Gasteiger partial charge in [0.15, 0.2) is 0 Å². The predicted molar refractivity (Wildman–Crippen MR) is 36.8 cm³/mol. The monoisotopic (exact) mass is 129 g/mol. The highest BCUT2D eigenvalue weighted by atomic mass is 16.3. The molecule has 0 aliphatic carbocycles. The van der Waals surface area contributed by atoms with Crippen molar-refractivity contribution in [3.8, 4) is 0 Å². The Bertz CT molecular complexity index is 78.9. The first-order valence-corrected chi connectivity index (χ1v) is 2.95. The van der Waals surface area contributed by atoms with E-state index in [1.165, 1.54) is 6.08 Å². The first-order chi connectivity index (χ1) is 4.09. The van der Waals surface area contributed by atoms with Crippen molar-refractivity contribution >= 4 is 0 Å². The van der Waals surface area contributed by atoms with Crippen LogP contribution in [0.5, 0.6) is 0 Å². The number of aliphatic hydroxyl groups is 2. The van der Waals surface area contributed by atoms with E-state index in [2.05, 4.69) is 6.58 Å². The quantitative estimate of drug-likeness (QED) is 0.583. The number of hydrogen-bond acceptors (Lipinski definition) is 2. The van der Waals surface area contributed by atoms with Gasteiger partial charge in [0, 0.05) is 0 Å². The summed E-state index contributed by atoms with van der Waals surface area (Å²) < 4.78 is 0. The van der Waals surface area contributed by atoms with Crippen molar-refractivity contribution in [1.29, 1.82) is 0 Å². The normalized spacial score (nSPS) is 17.4. The maximum atomic E-state index is 8.91. The van der Waals surface area contributed by atoms with Crippen molar-refractivity contribution < 1.29 is 10.2 Å². The maximum absolute atomic E-state index is 8.91. The van der Waals surface area contributed by atoms with Gasteiger partial charge >= 0.3 is 0 Å². The minimum atomic E-state index is -0.595. The van der Waals surface area contributed by atoms with Crippen molar-refractivity contribution in [3.05, 3.63) is 18.6 Å². The van der Waals surface area contributed by atoms with Gasteiger partial charge in [0.05, 0.1) is 18.1 Å². The van der Waals surface area contributed by atoms with Crippen molar-refractivity contribution in [2.75, 3.05) is 0 Å². The molecule has 2 N–H and O–H groups in total. The second kappa shape index (κ2) is 3.64. The molecule has 2 unspecified atom stereocenters. The average Bonchev–Trinajstić information content (AvgIpc) is 1.64. The Labute approximate surface area is 55.8 Å². The lowest BCUT2D eigenvalue weighted by atomic mass is 9.99. The van der Waals surface area contributed by atoms with Crippen molar-refractivity contribution in [2.45, 2.75) is 26.1 Å². The molecule has 2 nitrogen and oxygen atoms in total. The Morgan fingerprint density at radius 2 is 1.67 bits per heavy atom. The summed E-state index contributed by atoms with van der Waals surface area (Å²) in [7, 11) is 0. The van der Waals surface area contributed by atoms with Crippen molar-refractivity contribution in [3.63, 3.8) is 0 Å². The highest BCUT2D eigenvalue weighted by Crippen LogP contribution is 2.11. The third kappa shape index (κ3) is 2.63. The van der Waals surface area contributed by atoms with Crippen LogP contribution >= 0.6 is 0 Å². The molecule has 0 fully saturated rings. The average molecular weight is 129 g/mol. The van der Waals surface area contributed by atoms with Gasteiger partial charge in [-0.1, -0.05) is 6.08 Å². The zero-order valence-electron chi connectivity index (χ0n) is 5.83. The van der Waals surface area contributed by atoms with E-state index in [1.54, 1.807) is 13.8 Å². The second-order valence-electron chi connectivity index (χ2n) is 2.06. The van der Waals surface area contributed by atoms with E-state index in [-0.39, 0.29) is 0 Å². The van der Waals surface area contributed by atoms with Gasteiger partial charge in [0.2, 0.25) is 0 Å². The van der Waals surface area contributed by atoms with Gasteiger partial charge in [-0.2, -0.15) is 0 Å². The zero-order chi connectivity index (χ0) is 7.44. The van der Waals surface area contributed by atoms with Crippen LogP contribution in [0.15, 0.2) is 12.7 Å². The zero-order valence-corrected chi connectivity index (χ0v) is 5.83. The standard InChI is InChI=1S/C7H13O2/c1-4-7(5(2)8)6(3)9/h4-6,8-9H,1H2,2-3H3. The summed E-state index contributed by atoms with van der Waals surface area (Å²) >= 11 is 0. The van der Waals surface area contributed by atoms with Gasteiger partial charge in [-0.15, -0.1) is 6.58 Å². The largest absolute Gasteiger partial charge is 0.392 e. The minimum absolute atomic E-state index is 0.565. The van der Waals surface area contributed by atoms with Gasteiger partial charge in [0.25, 0.3) is 0 Å². The molecule has 0 rings (SSSR count). The molecule has 0 bridgehead atoms. The summed E-state index contributed by atoms with van der Waals surface area (Å²) in [6, 6.07) is 0. The van der Waals surface area contributed by atoms with Gasteiger partial charge in [-0.05, 0) is 13.8 Å². The van der Waals surface area contributed by atoms with Crippen LogP contribution < -0.4 is 0 Å². The molecule has 2 atom stereocenters. The van der Waals surface area contributed by atoms with Gasteiger partial charge < -0.3 is 10.2 Å². The smallest absolute Gasteiger partial charge is 0.0637 e. The van der Waals surface area contributed by atoms with Crippen LogP contribution in [0.1, 0.15) is 13.8 Å². The molecular formula is C7H13O2. The molecule has 53 valence electrons. The van der Waals surface area contributed by atoms with Crippen LogP contribution in [0.2, 0.25) is 0 Å². The van der Waals surface area contributed by atoms with Gasteiger partial charge in [-0.3, -0.25) is 0 Å². The molecule has 0 heterocycles. The summed E-state index contributed by atoms with van der Waals surface area (Å²) in [5, 5.41) is 17.8. The van der Waals surface area contributed by atoms with E-state index >= 15 is 0 Å². The SMILES string of the molecule is C=C[C](C(C)O)C(C)O. The molecule has 1 radical (unpaired) electrons. The fraction of sp³-hybridized carbons (Fsp3) is 0.571. The molecule has 0 amide bonds. The lowest BCUT2D eigenvalue weighted by Gasteiger charge is -2.16. The highest BCUT2D eigenvalue weighted by molar-refractivity contribution is 5.13. The van der Waals surface area contributed by atoms with Crippen LogP contribution in [0.25, 0.3) is 0 Å². The van der Waals surface area contributed by atoms with E-state index in [0.29, 0.717) is 5.92 Å². The highest BCUT2D eigenvalue weighted by Gasteiger charge is 2.16. The Hall–Kier alpha value is -0.340. The Morgan fingerprint density at radius 1 is 1.33 bits per heavy atom. The fourth-order valence-corrected chi connectivity index (χ4v) is 0.690. The first-order valence-electron chi connectivity index (χ1n) is 2.95. The Kier molecular flexibility index (Phi) is 3.50. The summed E-state index contributed by atoms with van der Waals surface area (Å²) in [6.45, 7) is 6.65. The van der Waals surface area contributed by atoms with Crippen molar-refractivity contribution in [1.82, 2.24) is 0 Å². The molecule has 9 heavy (non-hydrogen) atoms. The lowest BCUT2D eigenvalue weighted by molar-refractivity contribution is 0.138. The fourth-order valence-electron chi connectivity index (χ4n) is 0.690. The number of hydrogen-bond donors (Lipinski definition) is 2. The summed E-state index contributed by atoms with van der Waals surface area (Å²) in [5.41, 5.74) is 0. The van der Waals surface area contributed by atoms with Gasteiger partial charge in [-0.25, -0.2) is 0 Å². The molecule has 0 saturated carbocycles. The molecule has 0 aromatic rings. The molecule has 0 aliphatic heterocycles. The topological polar surface area (TPSA) is 40.5 Å². The predicted octanol–water partition coefficient (Wildman–Crippen LogP) is 0.508. The maximum Gasteiger partial charge on any atom is 0.0637 e. The van der Waals surface area contributed by atoms with Crippen LogP contribution in [0.3, 0.4) is 0 Å². The minimum Gasteiger partial charge on any atom is -0.392 e. The second-order valence-corrected chi connectivity index (χ2v) is 2.06. The summed E-state index contributed by atoms with van der Waals surface area (Å²) in [4.78, 5) is 0. The molecular weight excluding hydrogens is 116 g/mol. The Morgan fingerprint density at radius 3 is 1.67 bits per heavy atom. The van der Waals surface area contributed by atoms with Crippen molar-refractivity contribution in [2.24, 2.45) is 0 Å². The third-order valence-electron chi connectivity index (χ3n) is 1.20. The van der Waals surface area contributed by atoms with E-state index in [4.69, 9.17) is 10.2 Å². The summed E-state index contributed by atoms with van der Waals surface area (Å²) in [6.07, 6.45) is 0.292. The Balaban J connectivity index is 3.82. The van der Waals surface area contributed by atoms with Crippen LogP contribution in [-0.2, 0) is 0 Å². The van der Waals surface area contributed by atoms with Crippen LogP contribution in [0, 0.1) is 5.92 Å². The summed E-state index contributed by atoms with van der Waals surface area (Å²) in [5.74, 6) is 0.565. The molecule has 2 heteroatoms. The molecule has 0 aromatic carbocycles. The molecule has 0 saturated heterocycles. The van der Waals surface area contributed by atoms with Crippen LogP contribution in [0.4, 0.5) is 0 Å². The van der Waals surface area contributed by atoms with E-state index in [1.807, 2.05) is 0 Å².